The van der Waals surface area contributed by atoms with Crippen molar-refractivity contribution in [3.8, 4) is 0 Å². The van der Waals surface area contributed by atoms with E-state index in [1.54, 1.807) is 10.7 Å². The molecule has 5 nitrogen and oxygen atoms in total. The summed E-state index contributed by atoms with van der Waals surface area (Å²) in [6, 6.07) is 1.69. The molecule has 3 rings (SSSR count). The van der Waals surface area contributed by atoms with E-state index >= 15 is 0 Å². The molecule has 0 spiro atoms. The zero-order valence-corrected chi connectivity index (χ0v) is 12.2. The molecule has 0 bridgehead atoms. The Morgan fingerprint density at radius 2 is 2.35 bits per heavy atom. The van der Waals surface area contributed by atoms with Gasteiger partial charge in [0.15, 0.2) is 0 Å². The summed E-state index contributed by atoms with van der Waals surface area (Å²) in [4.78, 5) is 14.4. The van der Waals surface area contributed by atoms with Crippen molar-refractivity contribution < 1.29 is 9.21 Å². The van der Waals surface area contributed by atoms with E-state index in [9.17, 15) is 4.79 Å². The van der Waals surface area contributed by atoms with Crippen LogP contribution in [-0.4, -0.2) is 27.1 Å². The van der Waals surface area contributed by atoms with Gasteiger partial charge in [0.2, 0.25) is 0 Å². The van der Waals surface area contributed by atoms with E-state index < -0.39 is 0 Å². The van der Waals surface area contributed by atoms with Crippen molar-refractivity contribution in [3.63, 3.8) is 0 Å². The van der Waals surface area contributed by atoms with Crippen molar-refractivity contribution in [2.75, 3.05) is 6.54 Å². The van der Waals surface area contributed by atoms with Crippen molar-refractivity contribution >= 4 is 17.5 Å². The fourth-order valence-corrected chi connectivity index (χ4v) is 3.19. The molecule has 6 heteroatoms. The van der Waals surface area contributed by atoms with E-state index in [0.717, 1.165) is 30.6 Å². The lowest BCUT2D eigenvalue weighted by molar-refractivity contribution is 0.0734. The van der Waals surface area contributed by atoms with Crippen LogP contribution in [0.25, 0.3) is 0 Å². The predicted molar refractivity (Wildman–Crippen MR) is 74.7 cm³/mol. The van der Waals surface area contributed by atoms with Crippen LogP contribution in [0.4, 0.5) is 0 Å². The second kappa shape index (κ2) is 4.98. The van der Waals surface area contributed by atoms with Crippen molar-refractivity contribution in [1.82, 2.24) is 14.7 Å². The summed E-state index contributed by atoms with van der Waals surface area (Å²) < 4.78 is 6.66. The Morgan fingerprint density at radius 1 is 1.55 bits per heavy atom. The zero-order chi connectivity index (χ0) is 14.3. The van der Waals surface area contributed by atoms with Gasteiger partial charge >= 0.3 is 0 Å². The number of likely N-dealkylation sites (tertiary alicyclic amines) is 1. The van der Waals surface area contributed by atoms with Gasteiger partial charge in [-0.05, 0) is 25.8 Å². The zero-order valence-electron chi connectivity index (χ0n) is 11.5. The van der Waals surface area contributed by atoms with E-state index in [4.69, 9.17) is 16.0 Å². The second-order valence-corrected chi connectivity index (χ2v) is 5.44. The lowest BCUT2D eigenvalue weighted by Crippen LogP contribution is -2.30. The first kappa shape index (κ1) is 13.2. The minimum absolute atomic E-state index is 0.00130. The second-order valence-electron chi connectivity index (χ2n) is 5.08. The number of hydrogen-bond acceptors (Lipinski definition) is 3. The molecule has 1 amide bonds. The predicted octanol–water partition coefficient (Wildman–Crippen LogP) is 2.95. The van der Waals surface area contributed by atoms with E-state index in [0.29, 0.717) is 10.7 Å². The molecule has 1 aliphatic heterocycles. The third kappa shape index (κ3) is 2.02. The minimum Gasteiger partial charge on any atom is -0.472 e. The van der Waals surface area contributed by atoms with Gasteiger partial charge in [-0.15, -0.1) is 0 Å². The number of rotatable bonds is 2. The number of furan rings is 1. The highest BCUT2D eigenvalue weighted by atomic mass is 35.5. The molecule has 0 N–H and O–H groups in total. The van der Waals surface area contributed by atoms with Crippen molar-refractivity contribution in [1.29, 1.82) is 0 Å². The highest BCUT2D eigenvalue weighted by molar-refractivity contribution is 6.30. The molecule has 1 saturated heterocycles. The van der Waals surface area contributed by atoms with Crippen molar-refractivity contribution in [3.05, 3.63) is 40.6 Å². The number of halogens is 1. The Hall–Kier alpha value is -1.75. The molecule has 106 valence electrons. The van der Waals surface area contributed by atoms with Crippen LogP contribution in [0.2, 0.25) is 5.15 Å². The maximum Gasteiger partial charge on any atom is 0.257 e. The van der Waals surface area contributed by atoms with Gasteiger partial charge in [0.25, 0.3) is 5.91 Å². The molecule has 20 heavy (non-hydrogen) atoms. The fraction of sp³-hybridized carbons (Fsp3) is 0.429. The number of carbonyl (C=O) groups excluding carboxylic acids is 1. The number of nitrogens with zero attached hydrogens (tertiary/aromatic N) is 3. The molecule has 0 saturated carbocycles. The van der Waals surface area contributed by atoms with Crippen molar-refractivity contribution in [2.24, 2.45) is 7.05 Å². The Bertz CT molecular complexity index is 633. The van der Waals surface area contributed by atoms with Gasteiger partial charge in [-0.3, -0.25) is 9.48 Å². The lowest BCUT2D eigenvalue weighted by Gasteiger charge is -2.24. The third-order valence-corrected chi connectivity index (χ3v) is 4.26. The molecule has 0 unspecified atom stereocenters. The quantitative estimate of drug-likeness (QED) is 0.855. The van der Waals surface area contributed by atoms with Gasteiger partial charge in [0.1, 0.15) is 11.4 Å². The minimum atomic E-state index is -0.0134. The van der Waals surface area contributed by atoms with E-state index in [-0.39, 0.29) is 11.9 Å². The maximum atomic E-state index is 12.5. The van der Waals surface area contributed by atoms with Crippen LogP contribution in [0.1, 0.15) is 40.5 Å². The van der Waals surface area contributed by atoms with Gasteiger partial charge < -0.3 is 9.32 Å². The summed E-state index contributed by atoms with van der Waals surface area (Å²) in [5.74, 6) is -0.0134. The van der Waals surface area contributed by atoms with Crippen LogP contribution < -0.4 is 0 Å². The molecular formula is C14H16ClN3O2. The van der Waals surface area contributed by atoms with Crippen LogP contribution in [0.3, 0.4) is 0 Å². The van der Waals surface area contributed by atoms with Crippen LogP contribution in [0, 0.1) is 6.92 Å². The average molecular weight is 294 g/mol. The number of hydrogen-bond donors (Lipinski definition) is 0. The van der Waals surface area contributed by atoms with Crippen LogP contribution in [0.5, 0.6) is 0 Å². The van der Waals surface area contributed by atoms with E-state index in [2.05, 4.69) is 5.10 Å². The number of amides is 1. The Labute approximate surface area is 122 Å². The average Bonchev–Trinajstić information content (AvgIpc) is 3.12. The largest absolute Gasteiger partial charge is 0.472 e. The molecule has 3 heterocycles. The molecule has 1 atom stereocenters. The molecule has 1 aliphatic rings. The first-order valence-corrected chi connectivity index (χ1v) is 6.99. The summed E-state index contributed by atoms with van der Waals surface area (Å²) in [5, 5.41) is 4.95. The Morgan fingerprint density at radius 3 is 2.95 bits per heavy atom. The first-order valence-electron chi connectivity index (χ1n) is 6.61. The van der Waals surface area contributed by atoms with Gasteiger partial charge in [-0.1, -0.05) is 11.6 Å². The number of carbonyl (C=O) groups is 1. The Kier molecular flexibility index (Phi) is 3.30. The summed E-state index contributed by atoms with van der Waals surface area (Å²) in [6.07, 6.45) is 4.88. The van der Waals surface area contributed by atoms with Crippen LogP contribution in [-0.2, 0) is 7.05 Å². The van der Waals surface area contributed by atoms with E-state index in [1.807, 2.05) is 18.9 Å². The standard InChI is InChI=1S/C14H16ClN3O2/c1-9-12(13(15)17(2)16-9)11-4-3-6-18(11)14(19)10-5-7-20-8-10/h5,7-8,11H,3-4,6H2,1-2H3/t11-/m0/s1. The van der Waals surface area contributed by atoms with Gasteiger partial charge in [-0.25, -0.2) is 0 Å². The normalized spacial score (nSPS) is 18.8. The van der Waals surface area contributed by atoms with Gasteiger partial charge in [0.05, 0.1) is 23.6 Å². The summed E-state index contributed by atoms with van der Waals surface area (Å²) >= 11 is 6.33. The Balaban J connectivity index is 1.95. The number of aryl methyl sites for hydroxylation is 2. The lowest BCUT2D eigenvalue weighted by atomic mass is 10.1. The monoisotopic (exact) mass is 293 g/mol. The molecule has 0 aliphatic carbocycles. The summed E-state index contributed by atoms with van der Waals surface area (Å²) in [7, 11) is 1.82. The smallest absolute Gasteiger partial charge is 0.257 e. The molecule has 0 radical (unpaired) electrons. The first-order chi connectivity index (χ1) is 9.59. The van der Waals surface area contributed by atoms with E-state index in [1.165, 1.54) is 12.5 Å². The SMILES string of the molecule is Cc1nn(C)c(Cl)c1[C@@H]1CCCN1C(=O)c1ccoc1. The molecule has 0 aromatic carbocycles. The fourth-order valence-electron chi connectivity index (χ4n) is 2.89. The third-order valence-electron chi connectivity index (χ3n) is 3.81. The molecule has 2 aromatic heterocycles. The molecule has 2 aromatic rings. The molecular weight excluding hydrogens is 278 g/mol. The topological polar surface area (TPSA) is 51.3 Å². The van der Waals surface area contributed by atoms with Crippen LogP contribution >= 0.6 is 11.6 Å². The van der Waals surface area contributed by atoms with Crippen LogP contribution in [0.15, 0.2) is 23.0 Å². The van der Waals surface area contributed by atoms with Crippen molar-refractivity contribution in [2.45, 2.75) is 25.8 Å². The van der Waals surface area contributed by atoms with Gasteiger partial charge in [-0.2, -0.15) is 5.10 Å². The number of aromatic nitrogens is 2. The highest BCUT2D eigenvalue weighted by Crippen LogP contribution is 2.38. The maximum absolute atomic E-state index is 12.5. The molecule has 1 fully saturated rings. The van der Waals surface area contributed by atoms with Gasteiger partial charge in [0, 0.05) is 19.2 Å². The highest BCUT2D eigenvalue weighted by Gasteiger charge is 2.34. The summed E-state index contributed by atoms with van der Waals surface area (Å²) in [6.45, 7) is 2.67. The summed E-state index contributed by atoms with van der Waals surface area (Å²) in [5.41, 5.74) is 2.42.